The lowest BCUT2D eigenvalue weighted by Crippen LogP contribution is -2.52. The van der Waals surface area contributed by atoms with Gasteiger partial charge >= 0.3 is 0 Å². The van der Waals surface area contributed by atoms with Crippen LogP contribution in [0.3, 0.4) is 0 Å². The monoisotopic (exact) mass is 449 g/mol. The number of rotatable bonds is 5. The molecule has 34 heavy (non-hydrogen) atoms. The molecule has 5 heteroatoms. The summed E-state index contributed by atoms with van der Waals surface area (Å²) in [5.74, 6) is -0.120. The van der Waals surface area contributed by atoms with E-state index in [2.05, 4.69) is 22.4 Å². The van der Waals surface area contributed by atoms with Crippen molar-refractivity contribution in [2.75, 3.05) is 6.54 Å². The highest BCUT2D eigenvalue weighted by Crippen LogP contribution is 2.24. The minimum absolute atomic E-state index is 0.00497. The lowest BCUT2D eigenvalue weighted by Gasteiger charge is -2.40. The van der Waals surface area contributed by atoms with Crippen molar-refractivity contribution in [3.8, 4) is 0 Å². The van der Waals surface area contributed by atoms with Crippen LogP contribution in [0.15, 0.2) is 97.2 Å². The first-order valence-electron chi connectivity index (χ1n) is 11.7. The number of nitrogens with zero attached hydrogens (tertiary/aromatic N) is 2. The number of likely N-dealkylation sites (tertiary alicyclic amines) is 1. The van der Waals surface area contributed by atoms with Crippen LogP contribution in [0.5, 0.6) is 0 Å². The summed E-state index contributed by atoms with van der Waals surface area (Å²) in [4.78, 5) is 32.8. The average Bonchev–Trinajstić information content (AvgIpc) is 2.89. The Hall–Kier alpha value is -3.99. The van der Waals surface area contributed by atoms with Crippen LogP contribution in [0.1, 0.15) is 39.3 Å². The third-order valence-corrected chi connectivity index (χ3v) is 6.54. The van der Waals surface area contributed by atoms with Gasteiger partial charge in [0.1, 0.15) is 5.69 Å². The quantitative estimate of drug-likeness (QED) is 0.472. The van der Waals surface area contributed by atoms with Crippen LogP contribution in [0.2, 0.25) is 0 Å². The van der Waals surface area contributed by atoms with Crippen LogP contribution in [-0.4, -0.2) is 40.3 Å². The van der Waals surface area contributed by atoms with Gasteiger partial charge in [-0.25, -0.2) is 0 Å². The van der Waals surface area contributed by atoms with E-state index in [0.29, 0.717) is 30.6 Å². The largest absolute Gasteiger partial charge is 0.348 e. The molecule has 4 aromatic rings. The van der Waals surface area contributed by atoms with Crippen molar-refractivity contribution in [3.63, 3.8) is 0 Å². The molecule has 1 fully saturated rings. The third kappa shape index (κ3) is 4.69. The first-order valence-corrected chi connectivity index (χ1v) is 11.7. The van der Waals surface area contributed by atoms with E-state index in [1.165, 1.54) is 5.56 Å². The van der Waals surface area contributed by atoms with E-state index in [-0.39, 0.29) is 23.9 Å². The molecule has 1 aliphatic heterocycles. The van der Waals surface area contributed by atoms with E-state index in [1.54, 1.807) is 6.20 Å². The van der Waals surface area contributed by atoms with Gasteiger partial charge in [-0.1, -0.05) is 72.8 Å². The van der Waals surface area contributed by atoms with Crippen LogP contribution in [0.4, 0.5) is 0 Å². The average molecular weight is 450 g/mol. The standard InChI is InChI=1S/C29H27N3O2/c33-28(27-26-14-8-7-11-22(26)15-17-30-27)31-24-16-18-32(29(34)23-12-5-2-6-13-23)25(20-24)19-21-9-3-1-4-10-21/h1-15,17,24-25H,16,18-20H2,(H,31,33). The summed E-state index contributed by atoms with van der Waals surface area (Å²) < 4.78 is 0. The number of nitrogens with one attached hydrogen (secondary N) is 1. The Kier molecular flexibility index (Phi) is 6.34. The van der Waals surface area contributed by atoms with Gasteiger partial charge in [-0.05, 0) is 48.4 Å². The Bertz CT molecular complexity index is 1290. The number of aromatic nitrogens is 1. The summed E-state index contributed by atoms with van der Waals surface area (Å²) in [6.45, 7) is 0.596. The van der Waals surface area contributed by atoms with E-state index >= 15 is 0 Å². The molecule has 3 aromatic carbocycles. The predicted octanol–water partition coefficient (Wildman–Crippen LogP) is 4.88. The van der Waals surface area contributed by atoms with Gasteiger partial charge in [-0.2, -0.15) is 0 Å². The summed E-state index contributed by atoms with van der Waals surface area (Å²) in [6.07, 6.45) is 3.83. The number of fused-ring (bicyclic) bond motifs is 1. The summed E-state index contributed by atoms with van der Waals surface area (Å²) >= 11 is 0. The molecule has 170 valence electrons. The molecule has 2 heterocycles. The SMILES string of the molecule is O=C(NC1CCN(C(=O)c2ccccc2)C(Cc2ccccc2)C1)c1nccc2ccccc12. The molecule has 0 bridgehead atoms. The number of hydrogen-bond donors (Lipinski definition) is 1. The first-order chi connectivity index (χ1) is 16.7. The molecule has 2 amide bonds. The van der Waals surface area contributed by atoms with Gasteiger partial charge in [-0.3, -0.25) is 14.6 Å². The van der Waals surface area contributed by atoms with Crippen molar-refractivity contribution in [3.05, 3.63) is 114 Å². The second kappa shape index (κ2) is 9.87. The molecule has 0 spiro atoms. The maximum absolute atomic E-state index is 13.3. The summed E-state index contributed by atoms with van der Waals surface area (Å²) in [6, 6.07) is 29.3. The topological polar surface area (TPSA) is 62.3 Å². The molecule has 5 rings (SSSR count). The van der Waals surface area contributed by atoms with E-state index in [1.807, 2.05) is 83.8 Å². The van der Waals surface area contributed by atoms with Gasteiger partial charge in [0.25, 0.3) is 11.8 Å². The fraction of sp³-hybridized carbons (Fsp3) is 0.207. The Morgan fingerprint density at radius 1 is 0.882 bits per heavy atom. The maximum atomic E-state index is 13.3. The molecule has 2 unspecified atom stereocenters. The summed E-state index contributed by atoms with van der Waals surface area (Å²) in [7, 11) is 0. The molecule has 1 aromatic heterocycles. The van der Waals surface area contributed by atoms with E-state index < -0.39 is 0 Å². The Labute approximate surface area is 199 Å². The Balaban J connectivity index is 1.36. The molecule has 1 N–H and O–H groups in total. The van der Waals surface area contributed by atoms with E-state index in [4.69, 9.17) is 0 Å². The van der Waals surface area contributed by atoms with Crippen molar-refractivity contribution in [2.45, 2.75) is 31.3 Å². The molecular formula is C29H27N3O2. The fourth-order valence-electron chi connectivity index (χ4n) is 4.83. The molecular weight excluding hydrogens is 422 g/mol. The highest BCUT2D eigenvalue weighted by molar-refractivity contribution is 6.05. The van der Waals surface area contributed by atoms with Crippen molar-refractivity contribution in [1.29, 1.82) is 0 Å². The highest BCUT2D eigenvalue weighted by Gasteiger charge is 2.33. The van der Waals surface area contributed by atoms with Crippen LogP contribution < -0.4 is 5.32 Å². The van der Waals surface area contributed by atoms with Gasteiger partial charge < -0.3 is 10.2 Å². The van der Waals surface area contributed by atoms with Gasteiger partial charge in [0.05, 0.1) is 0 Å². The normalized spacial score (nSPS) is 17.9. The minimum Gasteiger partial charge on any atom is -0.348 e. The fourth-order valence-corrected chi connectivity index (χ4v) is 4.83. The molecule has 0 aliphatic carbocycles. The number of carbonyl (C=O) groups is 2. The molecule has 2 atom stereocenters. The molecule has 1 aliphatic rings. The molecule has 1 saturated heterocycles. The minimum atomic E-state index is -0.164. The first kappa shape index (κ1) is 21.8. The van der Waals surface area contributed by atoms with Gasteiger partial charge in [-0.15, -0.1) is 0 Å². The van der Waals surface area contributed by atoms with Gasteiger partial charge in [0, 0.05) is 35.8 Å². The molecule has 5 nitrogen and oxygen atoms in total. The van der Waals surface area contributed by atoms with Crippen LogP contribution >= 0.6 is 0 Å². The smallest absolute Gasteiger partial charge is 0.270 e. The second-order valence-electron chi connectivity index (χ2n) is 8.78. The van der Waals surface area contributed by atoms with Crippen molar-refractivity contribution in [1.82, 2.24) is 15.2 Å². The second-order valence-corrected chi connectivity index (χ2v) is 8.78. The zero-order valence-corrected chi connectivity index (χ0v) is 18.9. The summed E-state index contributed by atoms with van der Waals surface area (Å²) in [5.41, 5.74) is 2.32. The predicted molar refractivity (Wildman–Crippen MR) is 134 cm³/mol. The third-order valence-electron chi connectivity index (χ3n) is 6.54. The van der Waals surface area contributed by atoms with Crippen molar-refractivity contribution < 1.29 is 9.59 Å². The number of amides is 2. The summed E-state index contributed by atoms with van der Waals surface area (Å²) in [5, 5.41) is 5.04. The van der Waals surface area contributed by atoms with Crippen LogP contribution in [0, 0.1) is 0 Å². The molecule has 0 radical (unpaired) electrons. The number of piperidine rings is 1. The Morgan fingerprint density at radius 3 is 2.38 bits per heavy atom. The van der Waals surface area contributed by atoms with Crippen molar-refractivity contribution in [2.24, 2.45) is 0 Å². The van der Waals surface area contributed by atoms with Crippen molar-refractivity contribution >= 4 is 22.6 Å². The Morgan fingerprint density at radius 2 is 1.59 bits per heavy atom. The van der Waals surface area contributed by atoms with E-state index in [9.17, 15) is 9.59 Å². The van der Waals surface area contributed by atoms with Gasteiger partial charge in [0.15, 0.2) is 0 Å². The lowest BCUT2D eigenvalue weighted by atomic mass is 9.91. The lowest BCUT2D eigenvalue weighted by molar-refractivity contribution is 0.0570. The number of carbonyl (C=O) groups excluding carboxylic acids is 2. The molecule has 0 saturated carbocycles. The van der Waals surface area contributed by atoms with Crippen LogP contribution in [0.25, 0.3) is 10.8 Å². The number of hydrogen-bond acceptors (Lipinski definition) is 3. The number of benzene rings is 3. The van der Waals surface area contributed by atoms with Crippen LogP contribution in [-0.2, 0) is 6.42 Å². The van der Waals surface area contributed by atoms with Gasteiger partial charge in [0.2, 0.25) is 0 Å². The maximum Gasteiger partial charge on any atom is 0.270 e. The highest BCUT2D eigenvalue weighted by atomic mass is 16.2. The zero-order chi connectivity index (χ0) is 23.3. The number of pyridine rings is 1. The van der Waals surface area contributed by atoms with E-state index in [0.717, 1.165) is 17.2 Å². The zero-order valence-electron chi connectivity index (χ0n) is 18.9.